The van der Waals surface area contributed by atoms with Gasteiger partial charge in [0.2, 0.25) is 0 Å². The van der Waals surface area contributed by atoms with E-state index in [0.717, 1.165) is 0 Å². The van der Waals surface area contributed by atoms with Crippen LogP contribution in [-0.2, 0) is 0 Å². The molecule has 0 saturated heterocycles. The molecule has 0 aromatic rings. The monoisotopic (exact) mass is 171 g/mol. The van der Waals surface area contributed by atoms with E-state index in [1.54, 1.807) is 0 Å². The zero-order valence-corrected chi connectivity index (χ0v) is 9.24. The maximum atomic E-state index is 3.50. The third kappa shape index (κ3) is 9.96. The fraction of sp³-hybridized carbons (Fsp3) is 1.00. The van der Waals surface area contributed by atoms with E-state index in [2.05, 4.69) is 33.0 Å². The molecule has 0 heterocycles. The number of hydrogen-bond acceptors (Lipinski definition) is 1. The van der Waals surface area contributed by atoms with Gasteiger partial charge in [0.1, 0.15) is 0 Å². The van der Waals surface area contributed by atoms with Crippen molar-refractivity contribution in [3.63, 3.8) is 0 Å². The molecule has 0 fully saturated rings. The summed E-state index contributed by atoms with van der Waals surface area (Å²) in [5.41, 5.74) is 0.296. The first-order chi connectivity index (χ1) is 5.56. The van der Waals surface area contributed by atoms with Crippen molar-refractivity contribution in [1.82, 2.24) is 5.32 Å². The Morgan fingerprint density at radius 2 is 1.50 bits per heavy atom. The van der Waals surface area contributed by atoms with Crippen LogP contribution in [0.15, 0.2) is 0 Å². The Bertz CT molecular complexity index is 91.7. The van der Waals surface area contributed by atoms with Crippen LogP contribution in [-0.4, -0.2) is 12.1 Å². The number of unbranched alkanes of at least 4 members (excludes halogenated alkanes) is 4. The number of hydrogen-bond donors (Lipinski definition) is 1. The van der Waals surface area contributed by atoms with Crippen molar-refractivity contribution in [2.45, 2.75) is 65.3 Å². The average molecular weight is 171 g/mol. The highest BCUT2D eigenvalue weighted by molar-refractivity contribution is 4.69. The van der Waals surface area contributed by atoms with Gasteiger partial charge >= 0.3 is 0 Å². The van der Waals surface area contributed by atoms with E-state index in [9.17, 15) is 0 Å². The minimum Gasteiger partial charge on any atom is -0.312 e. The number of nitrogens with one attached hydrogen (secondary N) is 1. The van der Waals surface area contributed by atoms with Crippen LogP contribution in [0.3, 0.4) is 0 Å². The normalized spacial score (nSPS) is 12.0. The quantitative estimate of drug-likeness (QED) is 0.604. The molecule has 0 spiro atoms. The van der Waals surface area contributed by atoms with Gasteiger partial charge in [-0.15, -0.1) is 0 Å². The van der Waals surface area contributed by atoms with Crippen LogP contribution in [0.5, 0.6) is 0 Å². The van der Waals surface area contributed by atoms with Crippen LogP contribution < -0.4 is 5.32 Å². The third-order valence-electron chi connectivity index (χ3n) is 1.94. The molecule has 0 aliphatic carbocycles. The summed E-state index contributed by atoms with van der Waals surface area (Å²) >= 11 is 0. The summed E-state index contributed by atoms with van der Waals surface area (Å²) < 4.78 is 0. The van der Waals surface area contributed by atoms with Gasteiger partial charge in [-0.3, -0.25) is 0 Å². The molecule has 0 aromatic carbocycles. The van der Waals surface area contributed by atoms with Crippen LogP contribution >= 0.6 is 0 Å². The third-order valence-corrected chi connectivity index (χ3v) is 1.94. The highest BCUT2D eigenvalue weighted by atomic mass is 14.9. The molecular formula is C11H25N. The Hall–Kier alpha value is -0.0400. The molecule has 1 heteroatoms. The average Bonchev–Trinajstić information content (AvgIpc) is 1.94. The summed E-state index contributed by atoms with van der Waals surface area (Å²) in [6.45, 7) is 10.1. The summed E-state index contributed by atoms with van der Waals surface area (Å²) in [5.74, 6) is 0. The Labute approximate surface area is 77.9 Å². The summed E-state index contributed by atoms with van der Waals surface area (Å²) in [6.07, 6.45) is 6.86. The standard InChI is InChI=1S/C11H25N/c1-5-6-7-8-9-10-12-11(2,3)4/h12H,5-10H2,1-4H3. The second-order valence-corrected chi connectivity index (χ2v) is 4.59. The molecule has 0 aliphatic heterocycles. The zero-order valence-electron chi connectivity index (χ0n) is 9.24. The maximum Gasteiger partial charge on any atom is 0.00965 e. The van der Waals surface area contributed by atoms with Gasteiger partial charge < -0.3 is 5.32 Å². The molecule has 1 nitrogen and oxygen atoms in total. The van der Waals surface area contributed by atoms with Gasteiger partial charge in [0.15, 0.2) is 0 Å². The second-order valence-electron chi connectivity index (χ2n) is 4.59. The van der Waals surface area contributed by atoms with E-state index >= 15 is 0 Å². The van der Waals surface area contributed by atoms with E-state index in [-0.39, 0.29) is 0 Å². The summed E-state index contributed by atoms with van der Waals surface area (Å²) in [7, 11) is 0. The molecule has 0 amide bonds. The maximum absolute atomic E-state index is 3.50. The van der Waals surface area contributed by atoms with Crippen molar-refractivity contribution < 1.29 is 0 Å². The topological polar surface area (TPSA) is 12.0 Å². The lowest BCUT2D eigenvalue weighted by molar-refractivity contribution is 0.416. The molecule has 12 heavy (non-hydrogen) atoms. The lowest BCUT2D eigenvalue weighted by atomic mass is 10.1. The molecular weight excluding hydrogens is 146 g/mol. The van der Waals surface area contributed by atoms with Gasteiger partial charge in [-0.05, 0) is 33.7 Å². The first kappa shape index (κ1) is 12.0. The molecule has 0 saturated carbocycles. The lowest BCUT2D eigenvalue weighted by Crippen LogP contribution is -2.36. The van der Waals surface area contributed by atoms with E-state index in [1.165, 1.54) is 38.6 Å². The van der Waals surface area contributed by atoms with Gasteiger partial charge in [-0.1, -0.05) is 32.6 Å². The predicted octanol–water partition coefficient (Wildman–Crippen LogP) is 3.34. The number of rotatable bonds is 6. The largest absolute Gasteiger partial charge is 0.312 e. The van der Waals surface area contributed by atoms with Gasteiger partial charge in [0, 0.05) is 5.54 Å². The smallest absolute Gasteiger partial charge is 0.00965 e. The van der Waals surface area contributed by atoms with Crippen LogP contribution in [0.2, 0.25) is 0 Å². The Balaban J connectivity index is 3.01. The molecule has 1 N–H and O–H groups in total. The zero-order chi connectivity index (χ0) is 9.45. The van der Waals surface area contributed by atoms with E-state index in [4.69, 9.17) is 0 Å². The van der Waals surface area contributed by atoms with Crippen molar-refractivity contribution in [2.75, 3.05) is 6.54 Å². The van der Waals surface area contributed by atoms with Crippen molar-refractivity contribution in [3.8, 4) is 0 Å². The van der Waals surface area contributed by atoms with Gasteiger partial charge in [-0.2, -0.15) is 0 Å². The van der Waals surface area contributed by atoms with Crippen LogP contribution in [0.1, 0.15) is 59.8 Å². The molecule has 0 aliphatic rings. The van der Waals surface area contributed by atoms with Crippen LogP contribution in [0.4, 0.5) is 0 Å². The van der Waals surface area contributed by atoms with Crippen molar-refractivity contribution in [2.24, 2.45) is 0 Å². The Kier molecular flexibility index (Phi) is 6.45. The minimum atomic E-state index is 0.296. The minimum absolute atomic E-state index is 0.296. The Morgan fingerprint density at radius 1 is 0.917 bits per heavy atom. The Morgan fingerprint density at radius 3 is 2.00 bits per heavy atom. The van der Waals surface area contributed by atoms with Crippen molar-refractivity contribution in [3.05, 3.63) is 0 Å². The van der Waals surface area contributed by atoms with Crippen LogP contribution in [0.25, 0.3) is 0 Å². The van der Waals surface area contributed by atoms with Gasteiger partial charge in [0.05, 0.1) is 0 Å². The van der Waals surface area contributed by atoms with Crippen molar-refractivity contribution >= 4 is 0 Å². The van der Waals surface area contributed by atoms with E-state index in [1.807, 2.05) is 0 Å². The summed E-state index contributed by atoms with van der Waals surface area (Å²) in [4.78, 5) is 0. The molecule has 0 radical (unpaired) electrons. The van der Waals surface area contributed by atoms with Gasteiger partial charge in [0.25, 0.3) is 0 Å². The molecule has 0 rings (SSSR count). The second kappa shape index (κ2) is 6.47. The molecule has 74 valence electrons. The highest BCUT2D eigenvalue weighted by Gasteiger charge is 2.06. The first-order valence-corrected chi connectivity index (χ1v) is 5.31. The first-order valence-electron chi connectivity index (χ1n) is 5.31. The van der Waals surface area contributed by atoms with E-state index < -0.39 is 0 Å². The molecule has 0 atom stereocenters. The van der Waals surface area contributed by atoms with Gasteiger partial charge in [-0.25, -0.2) is 0 Å². The van der Waals surface area contributed by atoms with Crippen molar-refractivity contribution in [1.29, 1.82) is 0 Å². The summed E-state index contributed by atoms with van der Waals surface area (Å²) in [6, 6.07) is 0. The molecule has 0 bridgehead atoms. The SMILES string of the molecule is CCCCCCCNC(C)(C)C. The molecule has 0 aromatic heterocycles. The highest BCUT2D eigenvalue weighted by Crippen LogP contribution is 2.03. The lowest BCUT2D eigenvalue weighted by Gasteiger charge is -2.20. The summed E-state index contributed by atoms with van der Waals surface area (Å²) in [5, 5.41) is 3.50. The fourth-order valence-corrected chi connectivity index (χ4v) is 1.19. The fourth-order valence-electron chi connectivity index (χ4n) is 1.19. The van der Waals surface area contributed by atoms with Crippen LogP contribution in [0, 0.1) is 0 Å². The molecule has 0 unspecified atom stereocenters. The predicted molar refractivity (Wildman–Crippen MR) is 56.5 cm³/mol. The van der Waals surface area contributed by atoms with E-state index in [0.29, 0.717) is 5.54 Å².